The molecule has 0 aliphatic carbocycles. The van der Waals surface area contributed by atoms with Crippen LogP contribution < -0.4 is 5.32 Å². The highest BCUT2D eigenvalue weighted by atomic mass is 32.2. The quantitative estimate of drug-likeness (QED) is 0.827. The lowest BCUT2D eigenvalue weighted by atomic mass is 10.1. The second-order valence-corrected chi connectivity index (χ2v) is 5.64. The van der Waals surface area contributed by atoms with Gasteiger partial charge in [0.1, 0.15) is 0 Å². The van der Waals surface area contributed by atoms with Gasteiger partial charge in [-0.05, 0) is 50.9 Å². The van der Waals surface area contributed by atoms with Crippen molar-refractivity contribution in [2.45, 2.75) is 30.3 Å². The first-order valence-electron chi connectivity index (χ1n) is 6.29. The third-order valence-corrected chi connectivity index (χ3v) is 4.56. The molecule has 0 radical (unpaired) electrons. The Balaban J connectivity index is 2.04. The van der Waals surface area contributed by atoms with Crippen LogP contribution in [-0.4, -0.2) is 37.3 Å². The Morgan fingerprint density at radius 2 is 2.06 bits per heavy atom. The Kier molecular flexibility index (Phi) is 4.48. The average molecular weight is 250 g/mol. The maximum Gasteiger partial charge on any atom is 0.0320 e. The molecule has 1 aromatic rings. The van der Waals surface area contributed by atoms with Crippen molar-refractivity contribution in [2.75, 3.05) is 26.4 Å². The summed E-state index contributed by atoms with van der Waals surface area (Å²) in [5, 5.41) is 3.43. The summed E-state index contributed by atoms with van der Waals surface area (Å²) in [5.41, 5.74) is 1.41. The summed E-state index contributed by atoms with van der Waals surface area (Å²) in [6, 6.07) is 10.1. The molecule has 1 aliphatic heterocycles. The van der Waals surface area contributed by atoms with E-state index in [1.54, 1.807) is 11.8 Å². The topological polar surface area (TPSA) is 15.3 Å². The molecule has 3 heteroatoms. The Hall–Kier alpha value is -0.510. The van der Waals surface area contributed by atoms with E-state index in [0.29, 0.717) is 12.1 Å². The Morgan fingerprint density at radius 1 is 1.35 bits per heavy atom. The summed E-state index contributed by atoms with van der Waals surface area (Å²) in [7, 11) is 2.24. The van der Waals surface area contributed by atoms with Gasteiger partial charge < -0.3 is 5.32 Å². The number of benzene rings is 1. The second-order valence-electron chi connectivity index (χ2n) is 4.76. The predicted octanol–water partition coefficient (Wildman–Crippen LogP) is 2.76. The number of nitrogens with one attached hydrogen (secondary N) is 1. The summed E-state index contributed by atoms with van der Waals surface area (Å²) in [6.45, 7) is 4.59. The van der Waals surface area contributed by atoms with Crippen LogP contribution in [0.5, 0.6) is 0 Å². The zero-order valence-corrected chi connectivity index (χ0v) is 11.8. The molecule has 0 amide bonds. The number of nitrogens with zero attached hydrogens (tertiary/aromatic N) is 1. The minimum absolute atomic E-state index is 0.496. The van der Waals surface area contributed by atoms with Crippen LogP contribution in [0.1, 0.15) is 24.9 Å². The molecule has 1 aliphatic rings. The maximum atomic E-state index is 3.43. The van der Waals surface area contributed by atoms with Gasteiger partial charge in [-0.1, -0.05) is 12.1 Å². The van der Waals surface area contributed by atoms with Crippen molar-refractivity contribution in [2.24, 2.45) is 0 Å². The third-order valence-electron chi connectivity index (χ3n) is 3.82. The lowest BCUT2D eigenvalue weighted by molar-refractivity contribution is 0.197. The molecule has 2 rings (SSSR count). The van der Waals surface area contributed by atoms with Crippen LogP contribution >= 0.6 is 11.8 Å². The molecule has 0 saturated carbocycles. The van der Waals surface area contributed by atoms with Gasteiger partial charge in [0, 0.05) is 23.5 Å². The lowest BCUT2D eigenvalue weighted by Crippen LogP contribution is -2.35. The van der Waals surface area contributed by atoms with Crippen LogP contribution in [0.2, 0.25) is 0 Å². The van der Waals surface area contributed by atoms with Crippen molar-refractivity contribution in [1.82, 2.24) is 10.2 Å². The number of hydrogen-bond donors (Lipinski definition) is 1. The Bertz CT molecular complexity index is 344. The van der Waals surface area contributed by atoms with Crippen LogP contribution in [0.4, 0.5) is 0 Å². The molecule has 1 fully saturated rings. The van der Waals surface area contributed by atoms with Gasteiger partial charge in [-0.3, -0.25) is 4.90 Å². The van der Waals surface area contributed by atoms with E-state index >= 15 is 0 Å². The summed E-state index contributed by atoms with van der Waals surface area (Å²) in [6.07, 6.45) is 3.39. The van der Waals surface area contributed by atoms with Gasteiger partial charge in [0.05, 0.1) is 0 Å². The normalized spacial score (nSPS) is 22.0. The van der Waals surface area contributed by atoms with Gasteiger partial charge in [-0.25, -0.2) is 0 Å². The van der Waals surface area contributed by atoms with E-state index in [2.05, 4.69) is 54.7 Å². The zero-order valence-electron chi connectivity index (χ0n) is 10.9. The molecule has 2 nitrogen and oxygen atoms in total. The summed E-state index contributed by atoms with van der Waals surface area (Å²) < 4.78 is 0. The lowest BCUT2D eigenvalue weighted by Gasteiger charge is -2.30. The number of rotatable bonds is 4. The maximum absolute atomic E-state index is 3.43. The van der Waals surface area contributed by atoms with E-state index in [-0.39, 0.29) is 0 Å². The fraction of sp³-hybridized carbons (Fsp3) is 0.571. The molecule has 1 aromatic carbocycles. The summed E-state index contributed by atoms with van der Waals surface area (Å²) in [4.78, 5) is 3.83. The molecule has 2 unspecified atom stereocenters. The van der Waals surface area contributed by atoms with Crippen molar-refractivity contribution >= 4 is 11.8 Å². The van der Waals surface area contributed by atoms with Crippen LogP contribution in [0.25, 0.3) is 0 Å². The molecular weight excluding hydrogens is 228 g/mol. The smallest absolute Gasteiger partial charge is 0.0320 e. The molecule has 1 saturated heterocycles. The molecule has 2 atom stereocenters. The largest absolute Gasteiger partial charge is 0.315 e. The highest BCUT2D eigenvalue weighted by molar-refractivity contribution is 7.98. The van der Waals surface area contributed by atoms with E-state index < -0.39 is 0 Å². The van der Waals surface area contributed by atoms with Crippen molar-refractivity contribution in [1.29, 1.82) is 0 Å². The highest BCUT2D eigenvalue weighted by Gasteiger charge is 2.23. The zero-order chi connectivity index (χ0) is 12.3. The van der Waals surface area contributed by atoms with Gasteiger partial charge in [0.25, 0.3) is 0 Å². The van der Waals surface area contributed by atoms with Crippen molar-refractivity contribution < 1.29 is 0 Å². The van der Waals surface area contributed by atoms with Gasteiger partial charge in [-0.15, -0.1) is 11.8 Å². The SMILES string of the molecule is CSc1ccc(C(C)N(C)C2CCNC2)cc1. The van der Waals surface area contributed by atoms with Gasteiger partial charge >= 0.3 is 0 Å². The monoisotopic (exact) mass is 250 g/mol. The number of likely N-dealkylation sites (N-methyl/N-ethyl adjacent to an activating group) is 1. The van der Waals surface area contributed by atoms with Crippen LogP contribution in [0.3, 0.4) is 0 Å². The first-order valence-corrected chi connectivity index (χ1v) is 7.51. The Morgan fingerprint density at radius 3 is 2.59 bits per heavy atom. The third kappa shape index (κ3) is 3.03. The predicted molar refractivity (Wildman–Crippen MR) is 75.7 cm³/mol. The fourth-order valence-corrected chi connectivity index (χ4v) is 2.83. The summed E-state index contributed by atoms with van der Waals surface area (Å²) >= 11 is 1.80. The number of hydrogen-bond acceptors (Lipinski definition) is 3. The van der Waals surface area contributed by atoms with Crippen molar-refractivity contribution in [3.8, 4) is 0 Å². The van der Waals surface area contributed by atoms with E-state index in [4.69, 9.17) is 0 Å². The van der Waals surface area contributed by atoms with Gasteiger partial charge in [0.2, 0.25) is 0 Å². The fourth-order valence-electron chi connectivity index (χ4n) is 2.42. The van der Waals surface area contributed by atoms with E-state index in [0.717, 1.165) is 13.1 Å². The second kappa shape index (κ2) is 5.89. The minimum Gasteiger partial charge on any atom is -0.315 e. The molecule has 0 bridgehead atoms. The minimum atomic E-state index is 0.496. The van der Waals surface area contributed by atoms with Crippen LogP contribution in [0.15, 0.2) is 29.2 Å². The molecule has 1 heterocycles. The van der Waals surface area contributed by atoms with Gasteiger partial charge in [0.15, 0.2) is 0 Å². The Labute approximate surface area is 109 Å². The molecular formula is C14H22N2S. The molecule has 17 heavy (non-hydrogen) atoms. The molecule has 0 spiro atoms. The molecule has 1 N–H and O–H groups in total. The van der Waals surface area contributed by atoms with Crippen LogP contribution in [-0.2, 0) is 0 Å². The highest BCUT2D eigenvalue weighted by Crippen LogP contribution is 2.25. The first-order chi connectivity index (χ1) is 8.22. The average Bonchev–Trinajstić information content (AvgIpc) is 2.91. The number of thioether (sulfide) groups is 1. The van der Waals surface area contributed by atoms with E-state index in [1.807, 2.05) is 0 Å². The summed E-state index contributed by atoms with van der Waals surface area (Å²) in [5.74, 6) is 0. The molecule has 94 valence electrons. The molecule has 0 aromatic heterocycles. The van der Waals surface area contributed by atoms with Crippen molar-refractivity contribution in [3.63, 3.8) is 0 Å². The van der Waals surface area contributed by atoms with E-state index in [9.17, 15) is 0 Å². The standard InChI is InChI=1S/C14H22N2S/c1-11(16(2)13-8-9-15-10-13)12-4-6-14(17-3)7-5-12/h4-7,11,13,15H,8-10H2,1-3H3. The van der Waals surface area contributed by atoms with E-state index in [1.165, 1.54) is 16.9 Å². The van der Waals surface area contributed by atoms with Crippen molar-refractivity contribution in [3.05, 3.63) is 29.8 Å². The van der Waals surface area contributed by atoms with Crippen LogP contribution in [0, 0.1) is 0 Å². The van der Waals surface area contributed by atoms with Gasteiger partial charge in [-0.2, -0.15) is 0 Å². The first kappa shape index (κ1) is 12.9.